The smallest absolute Gasteiger partial charge is 0.323 e. The van der Waals surface area contributed by atoms with Crippen LogP contribution < -0.4 is 16.0 Å². The van der Waals surface area contributed by atoms with E-state index in [4.69, 9.17) is 0 Å². The summed E-state index contributed by atoms with van der Waals surface area (Å²) in [6.07, 6.45) is 4.97. The van der Waals surface area contributed by atoms with Crippen LogP contribution in [0.5, 0.6) is 0 Å². The summed E-state index contributed by atoms with van der Waals surface area (Å²) in [5.41, 5.74) is -0.356. The van der Waals surface area contributed by atoms with Gasteiger partial charge in [0.25, 0.3) is 5.91 Å². The third kappa shape index (κ3) is 3.84. The van der Waals surface area contributed by atoms with E-state index in [1.807, 2.05) is 0 Å². The van der Waals surface area contributed by atoms with Gasteiger partial charge in [-0.3, -0.25) is 19.8 Å². The van der Waals surface area contributed by atoms with Crippen LogP contribution in [0.2, 0.25) is 0 Å². The molecule has 6 amide bonds. The first-order valence-corrected chi connectivity index (χ1v) is 8.80. The SMILES string of the molecule is O=C(CN1C(=O)NC2(CCCCCC2)C1=O)NC(=O)Nc1ccccc1. The molecule has 138 valence electrons. The van der Waals surface area contributed by atoms with E-state index in [0.29, 0.717) is 18.5 Å². The van der Waals surface area contributed by atoms with E-state index in [1.54, 1.807) is 30.3 Å². The average molecular weight is 358 g/mol. The van der Waals surface area contributed by atoms with Crippen LogP contribution in [-0.4, -0.2) is 40.9 Å². The molecule has 2 aliphatic rings. The molecular weight excluding hydrogens is 336 g/mol. The van der Waals surface area contributed by atoms with Gasteiger partial charge in [-0.2, -0.15) is 0 Å². The molecule has 1 aliphatic carbocycles. The topological polar surface area (TPSA) is 108 Å². The summed E-state index contributed by atoms with van der Waals surface area (Å²) < 4.78 is 0. The minimum atomic E-state index is -0.889. The molecule has 0 unspecified atom stereocenters. The first kappa shape index (κ1) is 17.9. The largest absolute Gasteiger partial charge is 0.325 e. The molecule has 3 N–H and O–H groups in total. The van der Waals surface area contributed by atoms with E-state index in [0.717, 1.165) is 30.6 Å². The molecule has 1 aromatic carbocycles. The van der Waals surface area contributed by atoms with Crippen LogP contribution >= 0.6 is 0 Å². The molecule has 0 atom stereocenters. The maximum Gasteiger partial charge on any atom is 0.325 e. The number of carbonyl (C=O) groups is 4. The van der Waals surface area contributed by atoms with E-state index in [2.05, 4.69) is 16.0 Å². The number of hydrogen-bond acceptors (Lipinski definition) is 4. The van der Waals surface area contributed by atoms with Crippen molar-refractivity contribution >= 4 is 29.6 Å². The number of anilines is 1. The van der Waals surface area contributed by atoms with Crippen LogP contribution in [0, 0.1) is 0 Å². The molecule has 1 aromatic rings. The Labute approximate surface area is 151 Å². The Morgan fingerprint density at radius 1 is 1.04 bits per heavy atom. The van der Waals surface area contributed by atoms with Gasteiger partial charge in [0.1, 0.15) is 12.1 Å². The van der Waals surface area contributed by atoms with Gasteiger partial charge in [0.05, 0.1) is 0 Å². The van der Waals surface area contributed by atoms with E-state index in [9.17, 15) is 19.2 Å². The van der Waals surface area contributed by atoms with Crippen LogP contribution in [0.4, 0.5) is 15.3 Å². The minimum absolute atomic E-state index is 0.372. The molecule has 1 spiro atoms. The van der Waals surface area contributed by atoms with Crippen molar-refractivity contribution in [2.75, 3.05) is 11.9 Å². The van der Waals surface area contributed by atoms with E-state index in [1.165, 1.54) is 0 Å². The molecule has 1 saturated carbocycles. The first-order valence-electron chi connectivity index (χ1n) is 8.80. The van der Waals surface area contributed by atoms with Crippen molar-refractivity contribution < 1.29 is 19.2 Å². The number of benzene rings is 1. The number of urea groups is 2. The second-order valence-corrected chi connectivity index (χ2v) is 6.69. The highest BCUT2D eigenvalue weighted by Gasteiger charge is 2.51. The summed E-state index contributed by atoms with van der Waals surface area (Å²) in [4.78, 5) is 49.8. The second kappa shape index (κ2) is 7.55. The fourth-order valence-corrected chi connectivity index (χ4v) is 3.48. The number of imide groups is 2. The number of amides is 6. The number of nitrogens with zero attached hydrogens (tertiary/aromatic N) is 1. The van der Waals surface area contributed by atoms with Gasteiger partial charge in [0.15, 0.2) is 0 Å². The number of rotatable bonds is 3. The average Bonchev–Trinajstić information content (AvgIpc) is 2.78. The highest BCUT2D eigenvalue weighted by molar-refractivity contribution is 6.10. The molecule has 2 fully saturated rings. The number of para-hydroxylation sites is 1. The molecule has 0 bridgehead atoms. The van der Waals surface area contributed by atoms with Crippen LogP contribution in [0.3, 0.4) is 0 Å². The fourth-order valence-electron chi connectivity index (χ4n) is 3.48. The lowest BCUT2D eigenvalue weighted by Gasteiger charge is -2.24. The molecule has 3 rings (SSSR count). The molecule has 8 nitrogen and oxygen atoms in total. The maximum atomic E-state index is 12.7. The summed E-state index contributed by atoms with van der Waals surface area (Å²) in [5.74, 6) is -1.09. The van der Waals surface area contributed by atoms with Crippen LogP contribution in [0.1, 0.15) is 38.5 Å². The summed E-state index contributed by atoms with van der Waals surface area (Å²) in [6, 6.07) is 7.37. The predicted molar refractivity (Wildman–Crippen MR) is 94.3 cm³/mol. The highest BCUT2D eigenvalue weighted by Crippen LogP contribution is 2.32. The third-order valence-electron chi connectivity index (χ3n) is 4.79. The van der Waals surface area contributed by atoms with Crippen LogP contribution in [0.25, 0.3) is 0 Å². The highest BCUT2D eigenvalue weighted by atomic mass is 16.2. The molecule has 1 saturated heterocycles. The van der Waals surface area contributed by atoms with Gasteiger partial charge in [0, 0.05) is 5.69 Å². The van der Waals surface area contributed by atoms with Crippen molar-refractivity contribution in [3.63, 3.8) is 0 Å². The zero-order chi connectivity index (χ0) is 18.6. The molecule has 8 heteroatoms. The molecule has 1 heterocycles. The zero-order valence-electron chi connectivity index (χ0n) is 14.4. The molecule has 0 radical (unpaired) electrons. The molecular formula is C18H22N4O4. The molecule has 1 aliphatic heterocycles. The maximum absolute atomic E-state index is 12.7. The normalized spacial score (nSPS) is 19.0. The standard InChI is InChI=1S/C18H22N4O4/c23-14(20-16(25)19-13-8-4-3-5-9-13)12-22-15(24)18(21-17(22)26)10-6-1-2-7-11-18/h3-5,8-9H,1-2,6-7,10-12H2,(H,21,26)(H2,19,20,23,25). The van der Waals surface area contributed by atoms with E-state index < -0.39 is 30.1 Å². The number of nitrogens with one attached hydrogen (secondary N) is 3. The number of carbonyl (C=O) groups excluding carboxylic acids is 4. The van der Waals surface area contributed by atoms with E-state index in [-0.39, 0.29) is 5.91 Å². The summed E-state index contributed by atoms with van der Waals surface area (Å²) in [5, 5.41) is 7.41. The number of hydrogen-bond donors (Lipinski definition) is 3. The van der Waals surface area contributed by atoms with Gasteiger partial charge in [-0.1, -0.05) is 43.9 Å². The Hall–Kier alpha value is -2.90. The Morgan fingerprint density at radius 3 is 2.35 bits per heavy atom. The van der Waals surface area contributed by atoms with Gasteiger partial charge < -0.3 is 10.6 Å². The van der Waals surface area contributed by atoms with Gasteiger partial charge in [-0.05, 0) is 25.0 Å². The lowest BCUT2D eigenvalue weighted by Crippen LogP contribution is -2.47. The van der Waals surface area contributed by atoms with Gasteiger partial charge in [0.2, 0.25) is 5.91 Å². The Morgan fingerprint density at radius 2 is 1.69 bits per heavy atom. The zero-order valence-corrected chi connectivity index (χ0v) is 14.4. The van der Waals surface area contributed by atoms with Crippen LogP contribution in [-0.2, 0) is 9.59 Å². The Kier molecular flexibility index (Phi) is 5.20. The second-order valence-electron chi connectivity index (χ2n) is 6.69. The van der Waals surface area contributed by atoms with Gasteiger partial charge >= 0.3 is 12.1 Å². The molecule has 26 heavy (non-hydrogen) atoms. The van der Waals surface area contributed by atoms with Crippen molar-refractivity contribution in [2.24, 2.45) is 0 Å². The third-order valence-corrected chi connectivity index (χ3v) is 4.79. The summed E-state index contributed by atoms with van der Waals surface area (Å²) >= 11 is 0. The molecule has 0 aromatic heterocycles. The van der Waals surface area contributed by atoms with Crippen molar-refractivity contribution in [3.05, 3.63) is 30.3 Å². The van der Waals surface area contributed by atoms with Gasteiger partial charge in [-0.15, -0.1) is 0 Å². The summed E-state index contributed by atoms with van der Waals surface area (Å²) in [7, 11) is 0. The van der Waals surface area contributed by atoms with Gasteiger partial charge in [-0.25, -0.2) is 9.59 Å². The fraction of sp³-hybridized carbons (Fsp3) is 0.444. The monoisotopic (exact) mass is 358 g/mol. The predicted octanol–water partition coefficient (Wildman–Crippen LogP) is 1.98. The van der Waals surface area contributed by atoms with Crippen molar-refractivity contribution in [2.45, 2.75) is 44.1 Å². The first-order chi connectivity index (χ1) is 12.5. The Bertz CT molecular complexity index is 711. The lowest BCUT2D eigenvalue weighted by atomic mass is 9.90. The van der Waals surface area contributed by atoms with Crippen LogP contribution in [0.15, 0.2) is 30.3 Å². The van der Waals surface area contributed by atoms with Crippen molar-refractivity contribution in [1.29, 1.82) is 0 Å². The quantitative estimate of drug-likeness (QED) is 0.718. The summed E-state index contributed by atoms with van der Waals surface area (Å²) in [6.45, 7) is -0.478. The lowest BCUT2D eigenvalue weighted by molar-refractivity contribution is -0.135. The Balaban J connectivity index is 1.57. The van der Waals surface area contributed by atoms with Crippen molar-refractivity contribution in [3.8, 4) is 0 Å². The minimum Gasteiger partial charge on any atom is -0.323 e. The van der Waals surface area contributed by atoms with E-state index >= 15 is 0 Å². The van der Waals surface area contributed by atoms with Crippen molar-refractivity contribution in [1.82, 2.24) is 15.5 Å².